The monoisotopic (exact) mass is 621 g/mol. The van der Waals surface area contributed by atoms with Crippen molar-refractivity contribution in [3.05, 3.63) is 59.2 Å². The first-order valence-electron chi connectivity index (χ1n) is 14.3. The van der Waals surface area contributed by atoms with Crippen LogP contribution in [0.15, 0.2) is 41.6 Å². The third-order valence-electron chi connectivity index (χ3n) is 7.20. The summed E-state index contributed by atoms with van der Waals surface area (Å²) in [7, 11) is -3.76. The molecule has 5 rings (SSSR count). The van der Waals surface area contributed by atoms with Crippen LogP contribution in [0.5, 0.6) is 0 Å². The molecule has 0 atom stereocenters. The van der Waals surface area contributed by atoms with E-state index in [1.54, 1.807) is 67.7 Å². The lowest BCUT2D eigenvalue weighted by molar-refractivity contribution is 0.0525. The number of anilines is 2. The number of benzene rings is 1. The average molecular weight is 622 g/mol. The molecule has 4 heterocycles. The van der Waals surface area contributed by atoms with Crippen LogP contribution in [0.4, 0.5) is 16.4 Å². The van der Waals surface area contributed by atoms with Gasteiger partial charge in [0.15, 0.2) is 0 Å². The van der Waals surface area contributed by atoms with Gasteiger partial charge in [0.05, 0.1) is 23.2 Å². The van der Waals surface area contributed by atoms with Gasteiger partial charge in [0.2, 0.25) is 16.0 Å². The lowest BCUT2D eigenvalue weighted by Gasteiger charge is -2.34. The summed E-state index contributed by atoms with van der Waals surface area (Å²) in [6.07, 6.45) is 3.11. The molecule has 232 valence electrons. The van der Waals surface area contributed by atoms with Gasteiger partial charge in [-0.1, -0.05) is 0 Å². The summed E-state index contributed by atoms with van der Waals surface area (Å²) in [4.78, 5) is 37.5. The van der Waals surface area contributed by atoms with E-state index >= 15 is 0 Å². The van der Waals surface area contributed by atoms with Gasteiger partial charge in [-0.05, 0) is 63.9 Å². The fourth-order valence-corrected chi connectivity index (χ4v) is 6.59. The number of nitriles is 1. The number of ether oxygens (including phenoxy) is 1. The fourth-order valence-electron chi connectivity index (χ4n) is 5.12. The Bertz CT molecular complexity index is 1720. The first kappa shape index (κ1) is 30.9. The Morgan fingerprint density at radius 1 is 1.09 bits per heavy atom. The van der Waals surface area contributed by atoms with Crippen molar-refractivity contribution in [2.75, 3.05) is 49.1 Å². The maximum atomic E-state index is 13.5. The maximum Gasteiger partial charge on any atom is 0.407 e. The normalized spacial score (nSPS) is 15.5. The summed E-state index contributed by atoms with van der Waals surface area (Å²) >= 11 is 0. The Morgan fingerprint density at radius 2 is 1.84 bits per heavy atom. The zero-order valence-electron chi connectivity index (χ0n) is 25.1. The number of amides is 2. The summed E-state index contributed by atoms with van der Waals surface area (Å²) in [6, 6.07) is 8.51. The van der Waals surface area contributed by atoms with Crippen molar-refractivity contribution in [2.45, 2.75) is 51.2 Å². The molecule has 2 aromatic heterocycles. The van der Waals surface area contributed by atoms with E-state index in [1.807, 2.05) is 11.0 Å². The van der Waals surface area contributed by atoms with E-state index in [4.69, 9.17) is 4.74 Å². The van der Waals surface area contributed by atoms with Gasteiger partial charge < -0.3 is 19.9 Å². The molecule has 2 aliphatic rings. The van der Waals surface area contributed by atoms with Crippen molar-refractivity contribution in [1.29, 1.82) is 5.26 Å². The SMILES string of the molecule is Cc1cc(C#N)nc(N2CCN(S(=O)(=O)c3ccc4c(c3)CCN4C(=O)c3cnn(CCNC(=O)OC(C)(C)C)c3)CC2)n1. The van der Waals surface area contributed by atoms with E-state index in [-0.39, 0.29) is 36.1 Å². The summed E-state index contributed by atoms with van der Waals surface area (Å²) in [5.74, 6) is 0.184. The highest BCUT2D eigenvalue weighted by molar-refractivity contribution is 7.89. The molecule has 0 radical (unpaired) electrons. The molecule has 15 heteroatoms. The van der Waals surface area contributed by atoms with E-state index in [1.165, 1.54) is 10.5 Å². The molecule has 1 fully saturated rings. The topological polar surface area (TPSA) is 167 Å². The number of carbonyl (C=O) groups is 2. The van der Waals surface area contributed by atoms with Gasteiger partial charge in [-0.15, -0.1) is 0 Å². The Hall–Kier alpha value is -4.55. The van der Waals surface area contributed by atoms with Gasteiger partial charge in [0.1, 0.15) is 17.4 Å². The number of hydrogen-bond donors (Lipinski definition) is 1. The molecule has 1 saturated heterocycles. The Balaban J connectivity index is 1.20. The molecular formula is C29H35N9O5S. The smallest absolute Gasteiger partial charge is 0.407 e. The molecule has 44 heavy (non-hydrogen) atoms. The quantitative estimate of drug-likeness (QED) is 0.413. The highest BCUT2D eigenvalue weighted by Gasteiger charge is 2.32. The molecule has 1 aromatic carbocycles. The Labute approximate surface area is 256 Å². The van der Waals surface area contributed by atoms with Crippen LogP contribution in [0.1, 0.15) is 48.1 Å². The highest BCUT2D eigenvalue weighted by atomic mass is 32.2. The van der Waals surface area contributed by atoms with Crippen LogP contribution in [0, 0.1) is 18.3 Å². The van der Waals surface area contributed by atoms with Gasteiger partial charge in [0, 0.05) is 56.8 Å². The van der Waals surface area contributed by atoms with Crippen LogP contribution < -0.4 is 15.1 Å². The van der Waals surface area contributed by atoms with Crippen molar-refractivity contribution < 1.29 is 22.7 Å². The van der Waals surface area contributed by atoms with E-state index in [9.17, 15) is 23.3 Å². The summed E-state index contributed by atoms with van der Waals surface area (Å²) in [5, 5.41) is 16.1. The standard InChI is InChI=1S/C29H35N9O5S/c1-20-15-23(17-30)34-27(33-20)35-11-13-37(14-12-35)44(41,42)24-5-6-25-21(16-24)7-9-38(25)26(39)22-18-32-36(19-22)10-8-31-28(40)43-29(2,3)4/h5-6,15-16,18-19H,7-14H2,1-4H3,(H,31,40). The molecule has 0 spiro atoms. The predicted octanol–water partition coefficient (Wildman–Crippen LogP) is 2.09. The number of fused-ring (bicyclic) bond motifs is 1. The van der Waals surface area contributed by atoms with Crippen LogP contribution >= 0.6 is 0 Å². The van der Waals surface area contributed by atoms with Crippen LogP contribution in [-0.2, 0) is 27.7 Å². The number of nitrogens with one attached hydrogen (secondary N) is 1. The minimum atomic E-state index is -3.76. The lowest BCUT2D eigenvalue weighted by atomic mass is 10.2. The van der Waals surface area contributed by atoms with E-state index in [0.29, 0.717) is 55.5 Å². The number of carbonyl (C=O) groups excluding carboxylic acids is 2. The van der Waals surface area contributed by atoms with Gasteiger partial charge in [-0.25, -0.2) is 23.2 Å². The molecule has 2 amide bonds. The molecule has 0 saturated carbocycles. The molecule has 2 aliphatic heterocycles. The van der Waals surface area contributed by atoms with Crippen LogP contribution in [0.2, 0.25) is 0 Å². The molecule has 0 aliphatic carbocycles. The molecular weight excluding hydrogens is 586 g/mol. The number of hydrogen-bond acceptors (Lipinski definition) is 10. The third-order valence-corrected chi connectivity index (χ3v) is 9.09. The number of alkyl carbamates (subject to hydrolysis) is 1. The zero-order valence-corrected chi connectivity index (χ0v) is 26.0. The molecule has 0 unspecified atom stereocenters. The molecule has 3 aromatic rings. The summed E-state index contributed by atoms with van der Waals surface area (Å²) < 4.78 is 35.3. The maximum absolute atomic E-state index is 13.5. The molecule has 0 bridgehead atoms. The second kappa shape index (κ2) is 12.2. The third kappa shape index (κ3) is 6.81. The molecule has 14 nitrogen and oxygen atoms in total. The van der Waals surface area contributed by atoms with Crippen LogP contribution in [0.25, 0.3) is 0 Å². The second-order valence-electron chi connectivity index (χ2n) is 11.6. The van der Waals surface area contributed by atoms with Crippen LogP contribution in [-0.4, -0.2) is 89.3 Å². The average Bonchev–Trinajstić information content (AvgIpc) is 3.63. The predicted molar refractivity (Wildman–Crippen MR) is 161 cm³/mol. The lowest BCUT2D eigenvalue weighted by Crippen LogP contribution is -2.49. The largest absolute Gasteiger partial charge is 0.444 e. The van der Waals surface area contributed by atoms with Crippen molar-refractivity contribution in [1.82, 2.24) is 29.4 Å². The second-order valence-corrected chi connectivity index (χ2v) is 13.6. The number of aryl methyl sites for hydroxylation is 1. The zero-order chi connectivity index (χ0) is 31.6. The number of sulfonamides is 1. The van der Waals surface area contributed by atoms with Crippen LogP contribution in [0.3, 0.4) is 0 Å². The van der Waals surface area contributed by atoms with Crippen molar-refractivity contribution in [3.63, 3.8) is 0 Å². The van der Waals surface area contributed by atoms with E-state index in [0.717, 1.165) is 5.56 Å². The number of rotatable bonds is 7. The van der Waals surface area contributed by atoms with E-state index in [2.05, 4.69) is 20.4 Å². The number of nitrogens with zero attached hydrogens (tertiary/aromatic N) is 8. The molecule has 1 N–H and O–H groups in total. The number of piperazine rings is 1. The summed E-state index contributed by atoms with van der Waals surface area (Å²) in [6.45, 7) is 9.49. The van der Waals surface area contributed by atoms with Gasteiger partial charge in [0.25, 0.3) is 5.91 Å². The summed E-state index contributed by atoms with van der Waals surface area (Å²) in [5.41, 5.74) is 2.20. The highest BCUT2D eigenvalue weighted by Crippen LogP contribution is 2.32. The first-order valence-corrected chi connectivity index (χ1v) is 15.7. The van der Waals surface area contributed by atoms with Gasteiger partial charge in [-0.3, -0.25) is 9.48 Å². The van der Waals surface area contributed by atoms with Crippen molar-refractivity contribution in [3.8, 4) is 6.07 Å². The Kier molecular flexibility index (Phi) is 8.57. The fraction of sp³-hybridized carbons (Fsp3) is 0.448. The number of aromatic nitrogens is 4. The van der Waals surface area contributed by atoms with Crippen molar-refractivity contribution in [2.24, 2.45) is 0 Å². The minimum absolute atomic E-state index is 0.183. The van der Waals surface area contributed by atoms with Gasteiger partial charge >= 0.3 is 6.09 Å². The van der Waals surface area contributed by atoms with E-state index < -0.39 is 21.7 Å². The minimum Gasteiger partial charge on any atom is -0.444 e. The Morgan fingerprint density at radius 3 is 2.55 bits per heavy atom. The van der Waals surface area contributed by atoms with Crippen molar-refractivity contribution >= 4 is 33.7 Å². The van der Waals surface area contributed by atoms with Gasteiger partial charge in [-0.2, -0.15) is 14.7 Å². The first-order chi connectivity index (χ1) is 20.8.